The number of halogens is 6. The number of guanidine groups is 1. The van der Waals surface area contributed by atoms with E-state index in [-0.39, 0.29) is 17.1 Å². The molecule has 6 nitrogen and oxygen atoms in total. The van der Waals surface area contributed by atoms with Crippen LogP contribution in [-0.2, 0) is 12.4 Å². The first-order valence-corrected chi connectivity index (χ1v) is 9.13. The molecule has 3 aromatic rings. The van der Waals surface area contributed by atoms with Gasteiger partial charge < -0.3 is 10.3 Å². The van der Waals surface area contributed by atoms with Crippen molar-refractivity contribution in [1.82, 2.24) is 10.3 Å². The Balaban J connectivity index is 1.95. The highest BCUT2D eigenvalue weighted by molar-refractivity contribution is 6.10. The van der Waals surface area contributed by atoms with Crippen LogP contribution in [0.25, 0.3) is 0 Å². The van der Waals surface area contributed by atoms with Crippen LogP contribution in [0.5, 0.6) is 0 Å². The first kappa shape index (κ1) is 23.6. The predicted molar refractivity (Wildman–Crippen MR) is 108 cm³/mol. The lowest BCUT2D eigenvalue weighted by atomic mass is 10.1. The number of hydrogen-bond donors (Lipinski definition) is 3. The third-order valence-electron chi connectivity index (χ3n) is 4.12. The second-order valence-electron chi connectivity index (χ2n) is 6.60. The van der Waals surface area contributed by atoms with Crippen molar-refractivity contribution in [2.75, 3.05) is 5.32 Å². The van der Waals surface area contributed by atoms with Crippen LogP contribution in [0, 0.1) is 0 Å². The second-order valence-corrected chi connectivity index (χ2v) is 6.60. The minimum atomic E-state index is -4.69. The van der Waals surface area contributed by atoms with Crippen LogP contribution >= 0.6 is 0 Å². The van der Waals surface area contributed by atoms with Crippen molar-refractivity contribution < 1.29 is 31.1 Å². The number of pyridine rings is 1. The number of carbonyl (C=O) groups is 1. The highest BCUT2D eigenvalue weighted by Crippen LogP contribution is 2.31. The van der Waals surface area contributed by atoms with Gasteiger partial charge in [-0.1, -0.05) is 18.2 Å². The smallest absolute Gasteiger partial charge is 0.326 e. The van der Waals surface area contributed by atoms with Crippen LogP contribution in [0.2, 0.25) is 0 Å². The topological polar surface area (TPSA) is 86.3 Å². The average Bonchev–Trinajstić information content (AvgIpc) is 2.73. The first-order valence-electron chi connectivity index (χ1n) is 9.13. The van der Waals surface area contributed by atoms with Crippen molar-refractivity contribution in [1.29, 1.82) is 0 Å². The lowest BCUT2D eigenvalue weighted by Crippen LogP contribution is -2.36. The van der Waals surface area contributed by atoms with Crippen molar-refractivity contribution in [2.24, 2.45) is 4.99 Å². The van der Waals surface area contributed by atoms with E-state index in [9.17, 15) is 35.9 Å². The number of benzene rings is 2. The Labute approximate surface area is 182 Å². The molecule has 0 unspecified atom stereocenters. The van der Waals surface area contributed by atoms with Crippen molar-refractivity contribution in [2.45, 2.75) is 12.4 Å². The maximum atomic E-state index is 13.0. The van der Waals surface area contributed by atoms with Crippen molar-refractivity contribution in [3.05, 3.63) is 93.8 Å². The van der Waals surface area contributed by atoms with Gasteiger partial charge in [0.15, 0.2) is 0 Å². The zero-order valence-corrected chi connectivity index (χ0v) is 16.4. The third-order valence-corrected chi connectivity index (χ3v) is 4.12. The van der Waals surface area contributed by atoms with Gasteiger partial charge in [0.25, 0.3) is 5.91 Å². The number of hydrogen-bond acceptors (Lipinski definition) is 3. The van der Waals surface area contributed by atoms with Gasteiger partial charge in [0.1, 0.15) is 5.82 Å². The number of H-pyrrole nitrogens is 1. The summed E-state index contributed by atoms with van der Waals surface area (Å²) in [5.41, 5.74) is -3.08. The molecule has 2 aromatic carbocycles. The van der Waals surface area contributed by atoms with Gasteiger partial charge in [0, 0.05) is 17.3 Å². The zero-order valence-electron chi connectivity index (χ0n) is 16.4. The minimum absolute atomic E-state index is 0.0682. The molecule has 1 heterocycles. The Bertz CT molecular complexity index is 1250. The van der Waals surface area contributed by atoms with E-state index in [2.05, 4.69) is 20.6 Å². The monoisotopic (exact) mass is 468 g/mol. The van der Waals surface area contributed by atoms with Crippen LogP contribution in [0.15, 0.2) is 76.5 Å². The number of anilines is 1. The molecule has 33 heavy (non-hydrogen) atoms. The molecule has 3 rings (SSSR count). The van der Waals surface area contributed by atoms with E-state index in [1.807, 2.05) is 0 Å². The van der Waals surface area contributed by atoms with Gasteiger partial charge in [-0.05, 0) is 42.5 Å². The van der Waals surface area contributed by atoms with Gasteiger partial charge in [0.2, 0.25) is 11.5 Å². The summed E-state index contributed by atoms with van der Waals surface area (Å²) < 4.78 is 77.9. The molecular weight excluding hydrogens is 454 g/mol. The van der Waals surface area contributed by atoms with E-state index in [0.717, 1.165) is 36.4 Å². The van der Waals surface area contributed by atoms with Gasteiger partial charge in [-0.25, -0.2) is 0 Å². The van der Waals surface area contributed by atoms with Gasteiger partial charge in [0.05, 0.1) is 11.1 Å². The summed E-state index contributed by atoms with van der Waals surface area (Å²) in [6, 6.07) is 11.4. The van der Waals surface area contributed by atoms with Gasteiger partial charge >= 0.3 is 12.4 Å². The molecule has 0 saturated heterocycles. The molecule has 0 aliphatic heterocycles. The van der Waals surface area contributed by atoms with E-state index in [1.165, 1.54) is 24.3 Å². The number of rotatable bonds is 3. The summed E-state index contributed by atoms with van der Waals surface area (Å²) >= 11 is 0. The standard InChI is InChI=1S/C21H14F6N4O2/c22-20(23,24)13-5-1-4-12(10-13)18(33)31-19(30-16-8-3-9-17(32)29-16)28-15-7-2-6-14(11-15)21(25,26)27/h1-11H,(H3,28,29,30,31,32,33). The summed E-state index contributed by atoms with van der Waals surface area (Å²) in [4.78, 5) is 30.3. The molecule has 0 fully saturated rings. The molecule has 1 amide bonds. The summed E-state index contributed by atoms with van der Waals surface area (Å²) in [6.45, 7) is 0. The molecule has 0 aliphatic rings. The number of amides is 1. The fourth-order valence-electron chi connectivity index (χ4n) is 2.64. The van der Waals surface area contributed by atoms with Gasteiger partial charge in [-0.2, -0.15) is 31.3 Å². The molecule has 0 saturated carbocycles. The van der Waals surface area contributed by atoms with Crippen LogP contribution in [-0.4, -0.2) is 16.9 Å². The molecule has 3 N–H and O–H groups in total. The SMILES string of the molecule is O=C(N/C(=N/c1cccc(=O)[nH]1)Nc1cccc(C(F)(F)F)c1)c1cccc(C(F)(F)F)c1. The quantitative estimate of drug-likeness (QED) is 0.289. The van der Waals surface area contributed by atoms with Crippen molar-refractivity contribution >= 4 is 23.4 Å². The molecule has 0 aliphatic carbocycles. The number of nitrogens with zero attached hydrogens (tertiary/aromatic N) is 1. The number of nitrogens with one attached hydrogen (secondary N) is 3. The summed E-state index contributed by atoms with van der Waals surface area (Å²) in [6.07, 6.45) is -9.33. The van der Waals surface area contributed by atoms with E-state index >= 15 is 0 Å². The number of alkyl halides is 6. The largest absolute Gasteiger partial charge is 0.416 e. The number of aromatic nitrogens is 1. The maximum absolute atomic E-state index is 13.0. The predicted octanol–water partition coefficient (Wildman–Crippen LogP) is 4.94. The Kier molecular flexibility index (Phi) is 6.56. The zero-order chi connectivity index (χ0) is 24.2. The van der Waals surface area contributed by atoms with Crippen LogP contribution in [0.3, 0.4) is 0 Å². The number of aromatic amines is 1. The lowest BCUT2D eigenvalue weighted by molar-refractivity contribution is -0.138. The highest BCUT2D eigenvalue weighted by atomic mass is 19.4. The normalized spacial score (nSPS) is 12.4. The molecule has 1 aromatic heterocycles. The van der Waals surface area contributed by atoms with E-state index in [4.69, 9.17) is 0 Å². The highest BCUT2D eigenvalue weighted by Gasteiger charge is 2.31. The first-order chi connectivity index (χ1) is 15.4. The third kappa shape index (κ3) is 6.45. The average molecular weight is 468 g/mol. The maximum Gasteiger partial charge on any atom is 0.416 e. The number of aliphatic imine (C=N–C) groups is 1. The Morgan fingerprint density at radius 1 is 0.818 bits per heavy atom. The van der Waals surface area contributed by atoms with E-state index < -0.39 is 40.9 Å². The molecule has 0 spiro atoms. The van der Waals surface area contributed by atoms with Crippen molar-refractivity contribution in [3.8, 4) is 0 Å². The minimum Gasteiger partial charge on any atom is -0.326 e. The Hall–Kier alpha value is -4.09. The summed E-state index contributed by atoms with van der Waals surface area (Å²) in [5, 5.41) is 4.69. The molecular formula is C21H14F6N4O2. The van der Waals surface area contributed by atoms with Crippen LogP contribution in [0.4, 0.5) is 37.8 Å². The Morgan fingerprint density at radius 2 is 1.42 bits per heavy atom. The van der Waals surface area contributed by atoms with Crippen LogP contribution in [0.1, 0.15) is 21.5 Å². The molecule has 0 radical (unpaired) electrons. The van der Waals surface area contributed by atoms with E-state index in [1.54, 1.807) is 0 Å². The number of carbonyl (C=O) groups excluding carboxylic acids is 1. The van der Waals surface area contributed by atoms with E-state index in [0.29, 0.717) is 6.07 Å². The molecule has 12 heteroatoms. The second kappa shape index (κ2) is 9.18. The lowest BCUT2D eigenvalue weighted by Gasteiger charge is -2.14. The van der Waals surface area contributed by atoms with Gasteiger partial charge in [-0.3, -0.25) is 14.9 Å². The van der Waals surface area contributed by atoms with Gasteiger partial charge in [-0.15, -0.1) is 0 Å². The van der Waals surface area contributed by atoms with Crippen LogP contribution < -0.4 is 16.2 Å². The fourth-order valence-corrected chi connectivity index (χ4v) is 2.64. The summed E-state index contributed by atoms with van der Waals surface area (Å²) in [7, 11) is 0. The molecule has 172 valence electrons. The summed E-state index contributed by atoms with van der Waals surface area (Å²) in [5.74, 6) is -1.52. The Morgan fingerprint density at radius 3 is 2.06 bits per heavy atom. The van der Waals surface area contributed by atoms with Crippen molar-refractivity contribution in [3.63, 3.8) is 0 Å². The molecule has 0 bridgehead atoms. The fraction of sp³-hybridized carbons (Fsp3) is 0.0952. The molecule has 0 atom stereocenters.